The molecule has 1 aromatic carbocycles. The molecule has 0 saturated heterocycles. The van der Waals surface area contributed by atoms with Crippen molar-refractivity contribution in [2.24, 2.45) is 10.9 Å². The van der Waals surface area contributed by atoms with Crippen LogP contribution in [0.3, 0.4) is 0 Å². The molecule has 2 aromatic heterocycles. The van der Waals surface area contributed by atoms with Crippen LogP contribution >= 0.6 is 22.9 Å². The molecule has 0 fully saturated rings. The van der Waals surface area contributed by atoms with Gasteiger partial charge in [0.1, 0.15) is 11.3 Å². The molecule has 8 nitrogen and oxygen atoms in total. The van der Waals surface area contributed by atoms with Crippen molar-refractivity contribution in [3.63, 3.8) is 0 Å². The van der Waals surface area contributed by atoms with Crippen molar-refractivity contribution in [3.05, 3.63) is 51.1 Å². The maximum atomic E-state index is 13.0. The van der Waals surface area contributed by atoms with Crippen molar-refractivity contribution < 1.29 is 19.5 Å². The SMILES string of the molecule is CC(C)(C)OC(=O)n1cc(C(=O)c2nc(C(N)=NO)cs2)c2cc(Cl)ccc21. The highest BCUT2D eigenvalue weighted by atomic mass is 35.5. The first-order valence-corrected chi connectivity index (χ1v) is 9.38. The van der Waals surface area contributed by atoms with Crippen molar-refractivity contribution in [1.29, 1.82) is 0 Å². The molecule has 0 saturated carbocycles. The van der Waals surface area contributed by atoms with Crippen LogP contribution in [0.4, 0.5) is 4.79 Å². The van der Waals surface area contributed by atoms with Crippen LogP contribution in [-0.4, -0.2) is 38.1 Å². The first kappa shape index (κ1) is 19.8. The summed E-state index contributed by atoms with van der Waals surface area (Å²) in [5.41, 5.74) is 5.72. The van der Waals surface area contributed by atoms with E-state index in [-0.39, 0.29) is 22.1 Å². The zero-order valence-corrected chi connectivity index (χ0v) is 16.8. The lowest BCUT2D eigenvalue weighted by atomic mass is 10.1. The molecule has 2 heterocycles. The van der Waals surface area contributed by atoms with Gasteiger partial charge in [0.2, 0.25) is 5.78 Å². The predicted molar refractivity (Wildman–Crippen MR) is 107 cm³/mol. The van der Waals surface area contributed by atoms with E-state index in [0.29, 0.717) is 15.9 Å². The van der Waals surface area contributed by atoms with Crippen LogP contribution in [0.25, 0.3) is 10.9 Å². The Hall–Kier alpha value is -2.91. The number of ketones is 1. The molecule has 0 atom stereocenters. The number of thiazole rings is 1. The molecule has 0 bridgehead atoms. The van der Waals surface area contributed by atoms with Crippen LogP contribution in [-0.2, 0) is 4.74 Å². The number of aromatic nitrogens is 2. The van der Waals surface area contributed by atoms with Gasteiger partial charge in [0.05, 0.1) is 11.1 Å². The average molecular weight is 421 g/mol. The highest BCUT2D eigenvalue weighted by molar-refractivity contribution is 7.12. The third-order valence-corrected chi connectivity index (χ3v) is 4.75. The summed E-state index contributed by atoms with van der Waals surface area (Å²) in [5, 5.41) is 14.2. The summed E-state index contributed by atoms with van der Waals surface area (Å²) in [6.07, 6.45) is 0.789. The van der Waals surface area contributed by atoms with E-state index in [4.69, 9.17) is 27.3 Å². The van der Waals surface area contributed by atoms with Crippen molar-refractivity contribution in [2.75, 3.05) is 0 Å². The van der Waals surface area contributed by atoms with Gasteiger partial charge in [0.25, 0.3) is 0 Å². The number of nitrogens with two attached hydrogens (primary N) is 1. The number of carbonyl (C=O) groups is 2. The lowest BCUT2D eigenvalue weighted by Crippen LogP contribution is -2.26. The van der Waals surface area contributed by atoms with Gasteiger partial charge in [-0.25, -0.2) is 9.78 Å². The highest BCUT2D eigenvalue weighted by Crippen LogP contribution is 2.28. The van der Waals surface area contributed by atoms with Gasteiger partial charge in [-0.2, -0.15) is 0 Å². The van der Waals surface area contributed by atoms with Crippen molar-refractivity contribution in [3.8, 4) is 0 Å². The summed E-state index contributed by atoms with van der Waals surface area (Å²) in [7, 11) is 0. The fourth-order valence-corrected chi connectivity index (χ4v) is 3.44. The quantitative estimate of drug-likeness (QED) is 0.218. The maximum Gasteiger partial charge on any atom is 0.419 e. The molecule has 0 radical (unpaired) electrons. The van der Waals surface area contributed by atoms with E-state index in [0.717, 1.165) is 11.3 Å². The number of benzene rings is 1. The van der Waals surface area contributed by atoms with E-state index < -0.39 is 17.5 Å². The van der Waals surface area contributed by atoms with Crippen molar-refractivity contribution in [2.45, 2.75) is 26.4 Å². The molecule has 0 unspecified atom stereocenters. The number of hydrogen-bond donors (Lipinski definition) is 2. The summed E-state index contributed by atoms with van der Waals surface area (Å²) in [6, 6.07) is 4.87. The Balaban J connectivity index is 2.10. The zero-order chi connectivity index (χ0) is 20.6. The second-order valence-electron chi connectivity index (χ2n) is 6.91. The Labute approximate surface area is 169 Å². The molecule has 0 amide bonds. The van der Waals surface area contributed by atoms with E-state index in [1.165, 1.54) is 16.1 Å². The second-order valence-corrected chi connectivity index (χ2v) is 8.20. The molecular weight excluding hydrogens is 404 g/mol. The number of ether oxygens (including phenoxy) is 1. The highest BCUT2D eigenvalue weighted by Gasteiger charge is 2.25. The topological polar surface area (TPSA) is 120 Å². The molecule has 3 N–H and O–H groups in total. The maximum absolute atomic E-state index is 13.0. The molecule has 10 heteroatoms. The van der Waals surface area contributed by atoms with E-state index in [9.17, 15) is 9.59 Å². The fraction of sp³-hybridized carbons (Fsp3) is 0.222. The molecule has 0 aliphatic rings. The predicted octanol–water partition coefficient (Wildman–Crippen LogP) is 3.86. The molecule has 28 heavy (non-hydrogen) atoms. The Morgan fingerprint density at radius 1 is 1.36 bits per heavy atom. The number of oxime groups is 1. The Morgan fingerprint density at radius 2 is 2.07 bits per heavy atom. The molecule has 3 aromatic rings. The number of amidine groups is 1. The summed E-state index contributed by atoms with van der Waals surface area (Å²) in [5.74, 6) is -0.619. The number of rotatable bonds is 3. The van der Waals surface area contributed by atoms with E-state index in [1.54, 1.807) is 39.0 Å². The summed E-state index contributed by atoms with van der Waals surface area (Å²) >= 11 is 7.14. The van der Waals surface area contributed by atoms with Crippen LogP contribution in [0.2, 0.25) is 5.02 Å². The van der Waals surface area contributed by atoms with E-state index in [1.807, 2.05) is 0 Å². The number of halogens is 1. The van der Waals surface area contributed by atoms with Crippen LogP contribution in [0.5, 0.6) is 0 Å². The first-order valence-electron chi connectivity index (χ1n) is 8.13. The summed E-state index contributed by atoms with van der Waals surface area (Å²) in [4.78, 5) is 29.7. The van der Waals surface area contributed by atoms with Gasteiger partial charge in [-0.3, -0.25) is 9.36 Å². The van der Waals surface area contributed by atoms with Gasteiger partial charge in [0.15, 0.2) is 10.8 Å². The van der Waals surface area contributed by atoms with Gasteiger partial charge in [-0.15, -0.1) is 11.3 Å². The molecule has 0 aliphatic carbocycles. The van der Waals surface area contributed by atoms with E-state index in [2.05, 4.69) is 10.1 Å². The smallest absolute Gasteiger partial charge is 0.419 e. The van der Waals surface area contributed by atoms with Crippen molar-refractivity contribution in [1.82, 2.24) is 9.55 Å². The third kappa shape index (κ3) is 3.85. The molecule has 3 rings (SSSR count). The Bertz CT molecular complexity index is 1110. The summed E-state index contributed by atoms with van der Waals surface area (Å²) in [6.45, 7) is 5.26. The molecule has 0 spiro atoms. The zero-order valence-electron chi connectivity index (χ0n) is 15.3. The number of carbonyl (C=O) groups excluding carboxylic acids is 2. The number of fused-ring (bicyclic) bond motifs is 1. The second kappa shape index (κ2) is 7.25. The third-order valence-electron chi connectivity index (χ3n) is 3.67. The van der Waals surface area contributed by atoms with Crippen LogP contribution in [0.15, 0.2) is 34.9 Å². The number of nitrogens with zero attached hydrogens (tertiary/aromatic N) is 3. The lowest BCUT2D eigenvalue weighted by molar-refractivity contribution is 0.0544. The van der Waals surface area contributed by atoms with Crippen LogP contribution in [0.1, 0.15) is 41.8 Å². The fourth-order valence-electron chi connectivity index (χ4n) is 2.51. The monoisotopic (exact) mass is 420 g/mol. The van der Waals surface area contributed by atoms with Crippen LogP contribution in [0, 0.1) is 0 Å². The van der Waals surface area contributed by atoms with Gasteiger partial charge < -0.3 is 15.7 Å². The van der Waals surface area contributed by atoms with Gasteiger partial charge in [0, 0.05) is 22.0 Å². The summed E-state index contributed by atoms with van der Waals surface area (Å²) < 4.78 is 6.68. The Morgan fingerprint density at radius 3 is 2.71 bits per heavy atom. The lowest BCUT2D eigenvalue weighted by Gasteiger charge is -2.19. The van der Waals surface area contributed by atoms with Gasteiger partial charge >= 0.3 is 6.09 Å². The average Bonchev–Trinajstić information content (AvgIpc) is 3.24. The van der Waals surface area contributed by atoms with E-state index >= 15 is 0 Å². The van der Waals surface area contributed by atoms with Gasteiger partial charge in [-0.1, -0.05) is 16.8 Å². The molecule has 0 aliphatic heterocycles. The molecule has 146 valence electrons. The minimum Gasteiger partial charge on any atom is -0.443 e. The standard InChI is InChI=1S/C18H17ClN4O4S/c1-18(2,3)27-17(25)23-7-11(10-6-9(19)4-5-13(10)23)14(24)16-21-12(8-28-16)15(20)22-26/h4-8,26H,1-3H3,(H2,20,22). The Kier molecular flexibility index (Phi) is 5.14. The minimum absolute atomic E-state index is 0.129. The molecular formula is C18H17ClN4O4S. The first-order chi connectivity index (χ1) is 13.1. The largest absolute Gasteiger partial charge is 0.443 e. The minimum atomic E-state index is -0.699. The van der Waals surface area contributed by atoms with Crippen LogP contribution < -0.4 is 5.73 Å². The normalized spacial score (nSPS) is 12.4. The van der Waals surface area contributed by atoms with Gasteiger partial charge in [-0.05, 0) is 39.0 Å². The van der Waals surface area contributed by atoms with Crippen molar-refractivity contribution >= 4 is 51.6 Å². The number of hydrogen-bond acceptors (Lipinski definition) is 7.